The quantitative estimate of drug-likeness (QED) is 0.579. The molecule has 29 heavy (non-hydrogen) atoms. The van der Waals surface area contributed by atoms with Gasteiger partial charge < -0.3 is 11.1 Å². The van der Waals surface area contributed by atoms with Gasteiger partial charge in [0.1, 0.15) is 0 Å². The molecule has 0 bridgehead atoms. The van der Waals surface area contributed by atoms with Crippen LogP contribution in [0, 0.1) is 0 Å². The zero-order valence-corrected chi connectivity index (χ0v) is 18.6. The molecule has 8 heteroatoms. The molecule has 6 nitrogen and oxygen atoms in total. The zero-order valence-electron chi connectivity index (χ0n) is 17.0. The average Bonchev–Trinajstić information content (AvgIpc) is 3.14. The van der Waals surface area contributed by atoms with Crippen LogP contribution in [-0.4, -0.2) is 32.8 Å². The van der Waals surface area contributed by atoms with Gasteiger partial charge in [-0.05, 0) is 25.8 Å². The number of benzene rings is 1. The molecule has 0 spiro atoms. The standard InChI is InChI=1S/C21H27N5O.2ClH/c1-4-21(22,5-2)14-23-20(27)16-12-18(15-10-8-7-9-11-15)25-19-17(16)13-24-26(19)6-3;;/h7-13H,4-6,14,22H2,1-3H3,(H,23,27);2*1H. The summed E-state index contributed by atoms with van der Waals surface area (Å²) in [7, 11) is 0. The van der Waals surface area contributed by atoms with E-state index in [1.165, 1.54) is 0 Å². The van der Waals surface area contributed by atoms with E-state index in [4.69, 9.17) is 10.7 Å². The third-order valence-electron chi connectivity index (χ3n) is 5.23. The van der Waals surface area contributed by atoms with Gasteiger partial charge in [-0.2, -0.15) is 5.10 Å². The first-order valence-electron chi connectivity index (χ1n) is 9.50. The van der Waals surface area contributed by atoms with Gasteiger partial charge in [0.15, 0.2) is 5.65 Å². The van der Waals surface area contributed by atoms with Gasteiger partial charge in [-0.15, -0.1) is 24.8 Å². The molecule has 0 unspecified atom stereocenters. The number of aryl methyl sites for hydroxylation is 1. The van der Waals surface area contributed by atoms with Crippen LogP contribution in [0.3, 0.4) is 0 Å². The van der Waals surface area contributed by atoms with Crippen molar-refractivity contribution in [3.05, 3.63) is 48.2 Å². The maximum Gasteiger partial charge on any atom is 0.252 e. The van der Waals surface area contributed by atoms with Crippen molar-refractivity contribution in [2.45, 2.75) is 45.7 Å². The Kier molecular flexibility index (Phi) is 9.08. The fourth-order valence-corrected chi connectivity index (χ4v) is 3.08. The van der Waals surface area contributed by atoms with Gasteiger partial charge in [-0.3, -0.25) is 4.79 Å². The van der Waals surface area contributed by atoms with Gasteiger partial charge in [0, 0.05) is 24.2 Å². The van der Waals surface area contributed by atoms with Crippen molar-refractivity contribution >= 4 is 41.8 Å². The van der Waals surface area contributed by atoms with Crippen LogP contribution in [0.4, 0.5) is 0 Å². The highest BCUT2D eigenvalue weighted by Gasteiger charge is 2.23. The molecule has 0 radical (unpaired) electrons. The summed E-state index contributed by atoms with van der Waals surface area (Å²) in [6.07, 6.45) is 3.32. The number of hydrogen-bond acceptors (Lipinski definition) is 4. The van der Waals surface area contributed by atoms with E-state index in [1.54, 1.807) is 6.20 Å². The Morgan fingerprint density at radius 1 is 1.14 bits per heavy atom. The van der Waals surface area contributed by atoms with Crippen LogP contribution in [0.2, 0.25) is 0 Å². The number of hydrogen-bond donors (Lipinski definition) is 2. The number of carbonyl (C=O) groups is 1. The number of amides is 1. The largest absolute Gasteiger partial charge is 0.350 e. The molecule has 3 rings (SSSR count). The molecule has 3 N–H and O–H groups in total. The predicted octanol–water partition coefficient (Wildman–Crippen LogP) is 4.21. The van der Waals surface area contributed by atoms with E-state index in [0.717, 1.165) is 29.5 Å². The van der Waals surface area contributed by atoms with E-state index in [0.29, 0.717) is 24.3 Å². The molecular formula is C21H29Cl2N5O. The van der Waals surface area contributed by atoms with Gasteiger partial charge in [-0.25, -0.2) is 9.67 Å². The molecule has 0 atom stereocenters. The van der Waals surface area contributed by atoms with Crippen molar-refractivity contribution in [2.24, 2.45) is 5.73 Å². The molecule has 2 heterocycles. The van der Waals surface area contributed by atoms with Crippen molar-refractivity contribution in [3.8, 4) is 11.3 Å². The number of halogens is 2. The maximum absolute atomic E-state index is 13.0. The molecular weight excluding hydrogens is 409 g/mol. The first-order chi connectivity index (χ1) is 13.0. The van der Waals surface area contributed by atoms with Crippen LogP contribution in [0.1, 0.15) is 44.0 Å². The maximum atomic E-state index is 13.0. The molecule has 0 aliphatic rings. The second kappa shape index (κ2) is 10.6. The highest BCUT2D eigenvalue weighted by Crippen LogP contribution is 2.25. The van der Waals surface area contributed by atoms with Crippen LogP contribution < -0.4 is 11.1 Å². The Morgan fingerprint density at radius 3 is 2.38 bits per heavy atom. The Morgan fingerprint density at radius 2 is 1.79 bits per heavy atom. The third kappa shape index (κ3) is 5.26. The summed E-state index contributed by atoms with van der Waals surface area (Å²) in [6.45, 7) is 7.21. The Bertz CT molecular complexity index is 939. The second-order valence-electron chi connectivity index (χ2n) is 6.87. The summed E-state index contributed by atoms with van der Waals surface area (Å²) in [5, 5.41) is 8.15. The molecule has 1 amide bonds. The lowest BCUT2D eigenvalue weighted by Crippen LogP contribution is -2.49. The number of carbonyl (C=O) groups excluding carboxylic acids is 1. The molecule has 3 aromatic rings. The summed E-state index contributed by atoms with van der Waals surface area (Å²) in [4.78, 5) is 17.7. The smallest absolute Gasteiger partial charge is 0.252 e. The predicted molar refractivity (Wildman–Crippen MR) is 123 cm³/mol. The summed E-state index contributed by atoms with van der Waals surface area (Å²) in [6, 6.07) is 11.7. The Hall–Kier alpha value is -2.15. The van der Waals surface area contributed by atoms with Crippen LogP contribution in [-0.2, 0) is 6.54 Å². The number of pyridine rings is 1. The van der Waals surface area contributed by atoms with E-state index < -0.39 is 5.54 Å². The zero-order chi connectivity index (χ0) is 19.4. The molecule has 0 saturated carbocycles. The monoisotopic (exact) mass is 437 g/mol. The van der Waals surface area contributed by atoms with Crippen molar-refractivity contribution in [2.75, 3.05) is 6.54 Å². The van der Waals surface area contributed by atoms with E-state index in [9.17, 15) is 4.79 Å². The molecule has 2 aromatic heterocycles. The van der Waals surface area contributed by atoms with Crippen LogP contribution in [0.5, 0.6) is 0 Å². The minimum atomic E-state index is -0.391. The third-order valence-corrected chi connectivity index (χ3v) is 5.23. The highest BCUT2D eigenvalue weighted by atomic mass is 35.5. The van der Waals surface area contributed by atoms with E-state index in [1.807, 2.05) is 61.9 Å². The Labute approximate surface area is 184 Å². The number of nitrogens with one attached hydrogen (secondary N) is 1. The lowest BCUT2D eigenvalue weighted by Gasteiger charge is -2.26. The SMILES string of the molecule is CCn1ncc2c(C(=O)NCC(N)(CC)CC)cc(-c3ccccc3)nc21.Cl.Cl. The van der Waals surface area contributed by atoms with Gasteiger partial charge in [-0.1, -0.05) is 44.2 Å². The molecule has 0 aliphatic carbocycles. The van der Waals surface area contributed by atoms with Crippen LogP contribution in [0.15, 0.2) is 42.6 Å². The van der Waals surface area contributed by atoms with E-state index in [-0.39, 0.29) is 30.7 Å². The van der Waals surface area contributed by atoms with Crippen molar-refractivity contribution in [3.63, 3.8) is 0 Å². The summed E-state index contributed by atoms with van der Waals surface area (Å²) < 4.78 is 1.81. The molecule has 158 valence electrons. The molecule has 0 saturated heterocycles. The number of rotatable bonds is 7. The van der Waals surface area contributed by atoms with Crippen molar-refractivity contribution in [1.82, 2.24) is 20.1 Å². The molecule has 1 aromatic carbocycles. The Balaban J connectivity index is 0.00000210. The van der Waals surface area contributed by atoms with E-state index in [2.05, 4.69) is 10.4 Å². The summed E-state index contributed by atoms with van der Waals surface area (Å²) in [5.74, 6) is -0.146. The van der Waals surface area contributed by atoms with Crippen molar-refractivity contribution < 1.29 is 4.79 Å². The minimum Gasteiger partial charge on any atom is -0.350 e. The lowest BCUT2D eigenvalue weighted by atomic mass is 9.94. The highest BCUT2D eigenvalue weighted by molar-refractivity contribution is 6.06. The number of nitrogens with two attached hydrogens (primary N) is 1. The number of aromatic nitrogens is 3. The fourth-order valence-electron chi connectivity index (χ4n) is 3.08. The topological polar surface area (TPSA) is 85.8 Å². The summed E-state index contributed by atoms with van der Waals surface area (Å²) >= 11 is 0. The number of fused-ring (bicyclic) bond motifs is 1. The normalized spacial score (nSPS) is 10.9. The van der Waals surface area contributed by atoms with Crippen LogP contribution in [0.25, 0.3) is 22.3 Å². The minimum absolute atomic E-state index is 0. The van der Waals surface area contributed by atoms with Crippen molar-refractivity contribution in [1.29, 1.82) is 0 Å². The fraction of sp³-hybridized carbons (Fsp3) is 0.381. The lowest BCUT2D eigenvalue weighted by molar-refractivity contribution is 0.0944. The summed E-state index contributed by atoms with van der Waals surface area (Å²) in [5.41, 5.74) is 8.96. The molecule has 0 fully saturated rings. The first-order valence-corrected chi connectivity index (χ1v) is 9.50. The average molecular weight is 438 g/mol. The van der Waals surface area contributed by atoms with Gasteiger partial charge in [0.05, 0.1) is 22.8 Å². The molecule has 0 aliphatic heterocycles. The van der Waals surface area contributed by atoms with Gasteiger partial charge in [0.25, 0.3) is 5.91 Å². The van der Waals surface area contributed by atoms with Crippen LogP contribution >= 0.6 is 24.8 Å². The van der Waals surface area contributed by atoms with Gasteiger partial charge >= 0.3 is 0 Å². The van der Waals surface area contributed by atoms with Gasteiger partial charge in [0.2, 0.25) is 0 Å². The van der Waals surface area contributed by atoms with E-state index >= 15 is 0 Å². The number of nitrogens with zero attached hydrogens (tertiary/aromatic N) is 3. The second-order valence-corrected chi connectivity index (χ2v) is 6.87. The first kappa shape index (κ1) is 24.9.